The second-order valence-corrected chi connectivity index (χ2v) is 7.93. The number of non-ortho nitro benzene ring substituents is 1. The van der Waals surface area contributed by atoms with Gasteiger partial charge in [-0.2, -0.15) is 0 Å². The largest absolute Gasteiger partial charge is 1.00 e. The van der Waals surface area contributed by atoms with Gasteiger partial charge in [-0.1, -0.05) is 19.1 Å². The van der Waals surface area contributed by atoms with Gasteiger partial charge in [-0.15, -0.1) is 0 Å². The number of hydrogen-bond donors (Lipinski definition) is 1. The summed E-state index contributed by atoms with van der Waals surface area (Å²) in [4.78, 5) is 12.7. The van der Waals surface area contributed by atoms with Gasteiger partial charge in [0, 0.05) is 23.4 Å². The van der Waals surface area contributed by atoms with Gasteiger partial charge in [0.05, 0.1) is 11.5 Å². The fourth-order valence-corrected chi connectivity index (χ4v) is 4.89. The Bertz CT molecular complexity index is 902. The molecule has 2 aromatic rings. The van der Waals surface area contributed by atoms with Crippen LogP contribution in [-0.4, -0.2) is 38.6 Å². The molecule has 28 heavy (non-hydrogen) atoms. The molecule has 0 saturated carbocycles. The fraction of sp³-hybridized carbons (Fsp3) is 0.350. The number of amidine groups is 1. The van der Waals surface area contributed by atoms with Gasteiger partial charge in [0.15, 0.2) is 6.54 Å². The predicted octanol–water partition coefficient (Wildman–Crippen LogP) is 0.332. The van der Waals surface area contributed by atoms with Crippen molar-refractivity contribution in [2.45, 2.75) is 25.5 Å². The van der Waals surface area contributed by atoms with Crippen LogP contribution in [-0.2, 0) is 12.1 Å². The number of nitro benzene ring substituents is 1. The van der Waals surface area contributed by atoms with Crippen LogP contribution in [0, 0.1) is 10.1 Å². The highest BCUT2D eigenvalue weighted by molar-refractivity contribution is 8.13. The molecule has 0 fully saturated rings. The van der Waals surface area contributed by atoms with Crippen molar-refractivity contribution in [2.24, 2.45) is 0 Å². The Morgan fingerprint density at radius 3 is 2.50 bits per heavy atom. The summed E-state index contributed by atoms with van der Waals surface area (Å²) in [6, 6.07) is 14.7. The number of anilines is 1. The Morgan fingerprint density at radius 2 is 1.89 bits per heavy atom. The molecule has 0 spiro atoms. The summed E-state index contributed by atoms with van der Waals surface area (Å²) < 4.78 is 2.04. The van der Waals surface area contributed by atoms with E-state index in [2.05, 4.69) is 36.1 Å². The quantitative estimate of drug-likeness (QED) is 0.402. The highest BCUT2D eigenvalue weighted by atomic mass is 79.9. The summed E-state index contributed by atoms with van der Waals surface area (Å²) in [6.07, 6.45) is 1.98. The van der Waals surface area contributed by atoms with Gasteiger partial charge in [-0.3, -0.25) is 10.1 Å². The zero-order valence-electron chi connectivity index (χ0n) is 15.5. The van der Waals surface area contributed by atoms with Crippen LogP contribution in [0.25, 0.3) is 0 Å². The Balaban J connectivity index is 0.00000225. The van der Waals surface area contributed by atoms with E-state index in [0.717, 1.165) is 36.0 Å². The van der Waals surface area contributed by atoms with Gasteiger partial charge in [-0.05, 0) is 54.4 Å². The van der Waals surface area contributed by atoms with E-state index in [1.54, 1.807) is 23.9 Å². The zero-order chi connectivity index (χ0) is 19.0. The summed E-state index contributed by atoms with van der Waals surface area (Å²) in [6.45, 7) is 3.30. The minimum Gasteiger partial charge on any atom is -1.00 e. The van der Waals surface area contributed by atoms with Crippen LogP contribution in [0.1, 0.15) is 24.5 Å². The number of thioether (sulfide) groups is 1. The molecule has 4 rings (SSSR count). The Hall–Kier alpha value is -1.90. The van der Waals surface area contributed by atoms with Crippen LogP contribution >= 0.6 is 11.8 Å². The van der Waals surface area contributed by atoms with Crippen molar-refractivity contribution in [3.05, 3.63) is 69.8 Å². The summed E-state index contributed by atoms with van der Waals surface area (Å²) in [7, 11) is 0. The average molecular weight is 464 g/mol. The number of hydrogen-bond acceptors (Lipinski definition) is 5. The number of rotatable bonds is 4. The maximum atomic E-state index is 11.6. The van der Waals surface area contributed by atoms with E-state index in [0.29, 0.717) is 12.1 Å². The molecule has 1 unspecified atom stereocenters. The summed E-state index contributed by atoms with van der Waals surface area (Å²) in [5, 5.41) is 23.6. The number of halogens is 1. The van der Waals surface area contributed by atoms with Crippen molar-refractivity contribution < 1.29 is 31.6 Å². The highest BCUT2D eigenvalue weighted by Gasteiger charge is 2.53. The molecule has 0 amide bonds. The van der Waals surface area contributed by atoms with Gasteiger partial charge in [0.25, 0.3) is 11.4 Å². The molecule has 1 N–H and O–H groups in total. The lowest BCUT2D eigenvalue weighted by Crippen LogP contribution is -3.00. The summed E-state index contributed by atoms with van der Waals surface area (Å²) in [5.41, 5.74) is 1.85. The predicted molar refractivity (Wildman–Crippen MR) is 107 cm³/mol. The smallest absolute Gasteiger partial charge is 0.316 e. The van der Waals surface area contributed by atoms with Crippen molar-refractivity contribution in [3.63, 3.8) is 0 Å². The molecule has 0 saturated heterocycles. The molecule has 1 atom stereocenters. The van der Waals surface area contributed by atoms with Gasteiger partial charge in [0.1, 0.15) is 5.69 Å². The molecular weight excluding hydrogens is 442 g/mol. The number of benzene rings is 2. The number of β-amino-alcohol motifs (C(OH)–C–C–N with tert-alkyl or cyclic N) is 1. The molecule has 0 aliphatic carbocycles. The number of nitro groups is 1. The van der Waals surface area contributed by atoms with Crippen molar-refractivity contribution in [3.8, 4) is 0 Å². The summed E-state index contributed by atoms with van der Waals surface area (Å²) in [5.74, 6) is 1.02. The van der Waals surface area contributed by atoms with E-state index >= 15 is 0 Å². The lowest BCUT2D eigenvalue weighted by atomic mass is 10.0. The Morgan fingerprint density at radius 1 is 1.21 bits per heavy atom. The molecule has 2 aliphatic heterocycles. The standard InChI is InChI=1S/C20H22N3O3S.BrH/c1-2-15-4-8-17(9-5-15)21-14-20(24,22-12-3-13-27-19(21)22)16-6-10-18(11-7-16)23(25)26;/h4-11,24H,2-3,12-14H2,1H3;1H/q+1;/p-1. The monoisotopic (exact) mass is 463 g/mol. The van der Waals surface area contributed by atoms with Crippen molar-refractivity contribution >= 4 is 28.3 Å². The van der Waals surface area contributed by atoms with Gasteiger partial charge < -0.3 is 22.1 Å². The zero-order valence-corrected chi connectivity index (χ0v) is 17.9. The Labute approximate surface area is 178 Å². The average Bonchev–Trinajstić information content (AvgIpc) is 3.02. The van der Waals surface area contributed by atoms with E-state index in [-0.39, 0.29) is 22.7 Å². The van der Waals surface area contributed by atoms with Crippen LogP contribution in [0.2, 0.25) is 0 Å². The molecule has 0 radical (unpaired) electrons. The topological polar surface area (TPSA) is 69.6 Å². The van der Waals surface area contributed by atoms with Gasteiger partial charge >= 0.3 is 5.17 Å². The third-order valence-electron chi connectivity index (χ3n) is 5.24. The molecule has 148 valence electrons. The van der Waals surface area contributed by atoms with E-state index in [4.69, 9.17) is 0 Å². The van der Waals surface area contributed by atoms with E-state index in [9.17, 15) is 15.2 Å². The second-order valence-electron chi connectivity index (χ2n) is 6.86. The molecule has 0 bridgehead atoms. The molecule has 0 aromatic heterocycles. The number of nitrogens with zero attached hydrogens (tertiary/aromatic N) is 3. The first-order chi connectivity index (χ1) is 13.0. The number of aliphatic hydroxyl groups is 1. The fourth-order valence-electron chi connectivity index (χ4n) is 3.71. The van der Waals surface area contributed by atoms with E-state index in [1.807, 2.05) is 4.58 Å². The van der Waals surface area contributed by atoms with E-state index in [1.165, 1.54) is 17.7 Å². The molecule has 2 aliphatic rings. The van der Waals surface area contributed by atoms with Crippen molar-refractivity contribution in [2.75, 3.05) is 23.7 Å². The van der Waals surface area contributed by atoms with Crippen LogP contribution < -0.4 is 21.9 Å². The maximum absolute atomic E-state index is 11.6. The van der Waals surface area contributed by atoms with Gasteiger partial charge in [-0.25, -0.2) is 9.48 Å². The molecule has 2 heterocycles. The first-order valence-corrected chi connectivity index (χ1v) is 10.1. The van der Waals surface area contributed by atoms with E-state index < -0.39 is 10.6 Å². The second kappa shape index (κ2) is 8.23. The lowest BCUT2D eigenvalue weighted by Gasteiger charge is -2.24. The van der Waals surface area contributed by atoms with Crippen LogP contribution in [0.3, 0.4) is 0 Å². The minimum absolute atomic E-state index is 0. The van der Waals surface area contributed by atoms with Gasteiger partial charge in [0.2, 0.25) is 0 Å². The van der Waals surface area contributed by atoms with Crippen LogP contribution in [0.4, 0.5) is 11.4 Å². The summed E-state index contributed by atoms with van der Waals surface area (Å²) >= 11 is 1.75. The third kappa shape index (κ3) is 3.56. The normalized spacial score (nSPS) is 21.3. The highest BCUT2D eigenvalue weighted by Crippen LogP contribution is 2.38. The minimum atomic E-state index is -1.19. The molecular formula is C20H22BrN3O3S. The SMILES string of the molecule is CCc1ccc(N2CC(O)(c3ccc([N+](=O)[O-])cc3)[N+]3=C2SCCC3)cc1.[Br-]. The van der Waals surface area contributed by atoms with Crippen molar-refractivity contribution in [1.82, 2.24) is 0 Å². The van der Waals surface area contributed by atoms with Crippen LogP contribution in [0.15, 0.2) is 48.5 Å². The lowest BCUT2D eigenvalue weighted by molar-refractivity contribution is -0.656. The van der Waals surface area contributed by atoms with Crippen LogP contribution in [0.5, 0.6) is 0 Å². The first-order valence-electron chi connectivity index (χ1n) is 9.14. The third-order valence-corrected chi connectivity index (χ3v) is 6.43. The Kier molecular flexibility index (Phi) is 6.12. The molecule has 6 nitrogen and oxygen atoms in total. The molecule has 2 aromatic carbocycles. The molecule has 8 heteroatoms. The van der Waals surface area contributed by atoms with Crippen molar-refractivity contribution in [1.29, 1.82) is 0 Å². The first kappa shape index (κ1) is 20.8. The number of aryl methyl sites for hydroxylation is 1. The maximum Gasteiger partial charge on any atom is 0.316 e.